The molecular weight excluding hydrogens is 250 g/mol. The lowest BCUT2D eigenvalue weighted by atomic mass is 9.74. The number of hydrogen-bond acceptors (Lipinski definition) is 4. The van der Waals surface area contributed by atoms with E-state index in [1.807, 2.05) is 0 Å². The van der Waals surface area contributed by atoms with E-state index in [-0.39, 0.29) is 17.4 Å². The molecule has 0 aliphatic heterocycles. The fourth-order valence-corrected chi connectivity index (χ4v) is 3.74. The summed E-state index contributed by atoms with van der Waals surface area (Å²) < 4.78 is 28.0. The number of ether oxygens (including phenoxy) is 1. The zero-order valence-electron chi connectivity index (χ0n) is 11.8. The van der Waals surface area contributed by atoms with Crippen molar-refractivity contribution in [2.45, 2.75) is 57.1 Å². The summed E-state index contributed by atoms with van der Waals surface area (Å²) >= 11 is 0. The summed E-state index contributed by atoms with van der Waals surface area (Å²) in [7, 11) is -1.15. The molecule has 1 fully saturated rings. The molecule has 0 aromatic carbocycles. The second-order valence-electron chi connectivity index (χ2n) is 5.85. The van der Waals surface area contributed by atoms with Crippen molar-refractivity contribution in [3.63, 3.8) is 0 Å². The maximum absolute atomic E-state index is 11.1. The van der Waals surface area contributed by atoms with Crippen molar-refractivity contribution in [3.05, 3.63) is 0 Å². The van der Waals surface area contributed by atoms with Gasteiger partial charge in [-0.2, -0.15) is 0 Å². The molecule has 0 heterocycles. The molecule has 1 saturated carbocycles. The lowest BCUT2D eigenvalue weighted by molar-refractivity contribution is -0.0723. The predicted molar refractivity (Wildman–Crippen MR) is 74.3 cm³/mol. The first-order valence-corrected chi connectivity index (χ1v) is 8.83. The molecule has 1 rings (SSSR count). The molecule has 108 valence electrons. The minimum Gasteiger partial charge on any atom is -0.377 e. The van der Waals surface area contributed by atoms with Crippen LogP contribution in [0.15, 0.2) is 0 Å². The monoisotopic (exact) mass is 277 g/mol. The van der Waals surface area contributed by atoms with Crippen LogP contribution in [0.25, 0.3) is 0 Å². The molecule has 18 heavy (non-hydrogen) atoms. The van der Waals surface area contributed by atoms with Crippen molar-refractivity contribution >= 4 is 9.84 Å². The van der Waals surface area contributed by atoms with Gasteiger partial charge in [0.15, 0.2) is 0 Å². The number of nitrogens with two attached hydrogens (primary N) is 1. The van der Waals surface area contributed by atoms with Crippen molar-refractivity contribution in [2.24, 2.45) is 11.7 Å². The van der Waals surface area contributed by atoms with E-state index in [4.69, 9.17) is 10.5 Å². The summed E-state index contributed by atoms with van der Waals surface area (Å²) in [5.74, 6) is 0.857. The van der Waals surface area contributed by atoms with Crippen molar-refractivity contribution in [1.82, 2.24) is 0 Å². The van der Waals surface area contributed by atoms with E-state index in [1.54, 1.807) is 7.11 Å². The van der Waals surface area contributed by atoms with Gasteiger partial charge >= 0.3 is 0 Å². The smallest absolute Gasteiger partial charge is 0.147 e. The first kappa shape index (κ1) is 15.9. The van der Waals surface area contributed by atoms with Gasteiger partial charge in [0, 0.05) is 25.2 Å². The third-order valence-electron chi connectivity index (χ3n) is 4.10. The van der Waals surface area contributed by atoms with Crippen molar-refractivity contribution in [2.75, 3.05) is 19.1 Å². The van der Waals surface area contributed by atoms with Crippen LogP contribution in [0.3, 0.4) is 0 Å². The first-order chi connectivity index (χ1) is 8.29. The molecule has 0 saturated heterocycles. The lowest BCUT2D eigenvalue weighted by Gasteiger charge is -2.43. The van der Waals surface area contributed by atoms with E-state index in [0.717, 1.165) is 19.3 Å². The fourth-order valence-electron chi connectivity index (χ4n) is 3.05. The van der Waals surface area contributed by atoms with E-state index in [9.17, 15) is 8.42 Å². The van der Waals surface area contributed by atoms with Crippen LogP contribution in [0.5, 0.6) is 0 Å². The Labute approximate surface area is 111 Å². The number of sulfone groups is 1. The Morgan fingerprint density at radius 3 is 2.67 bits per heavy atom. The Hall–Kier alpha value is -0.130. The van der Waals surface area contributed by atoms with E-state index in [1.165, 1.54) is 12.7 Å². The Kier molecular flexibility index (Phi) is 5.62. The van der Waals surface area contributed by atoms with Crippen LogP contribution in [-0.2, 0) is 14.6 Å². The molecule has 1 aliphatic carbocycles. The summed E-state index contributed by atoms with van der Waals surface area (Å²) in [6.07, 6.45) is 6.98. The zero-order chi connectivity index (χ0) is 13.8. The van der Waals surface area contributed by atoms with Gasteiger partial charge < -0.3 is 10.5 Å². The molecular formula is C13H27NO3S. The average molecular weight is 277 g/mol. The van der Waals surface area contributed by atoms with Crippen LogP contribution >= 0.6 is 0 Å². The molecule has 0 aromatic heterocycles. The Balaban J connectivity index is 2.53. The highest BCUT2D eigenvalue weighted by Crippen LogP contribution is 2.37. The first-order valence-electron chi connectivity index (χ1n) is 6.77. The second-order valence-corrected chi connectivity index (χ2v) is 8.11. The van der Waals surface area contributed by atoms with E-state index < -0.39 is 9.84 Å². The van der Waals surface area contributed by atoms with Crippen LogP contribution < -0.4 is 5.73 Å². The van der Waals surface area contributed by atoms with Gasteiger partial charge in [0.05, 0.1) is 5.60 Å². The van der Waals surface area contributed by atoms with Gasteiger partial charge in [-0.1, -0.05) is 19.8 Å². The van der Waals surface area contributed by atoms with Crippen LogP contribution in [0, 0.1) is 5.92 Å². The number of rotatable bonds is 6. The molecule has 5 heteroatoms. The largest absolute Gasteiger partial charge is 0.377 e. The van der Waals surface area contributed by atoms with Crippen LogP contribution in [0.4, 0.5) is 0 Å². The quantitative estimate of drug-likeness (QED) is 0.803. The Bertz CT molecular complexity index is 355. The molecule has 0 bridgehead atoms. The zero-order valence-corrected chi connectivity index (χ0v) is 12.6. The van der Waals surface area contributed by atoms with Gasteiger partial charge in [-0.15, -0.1) is 0 Å². The van der Waals surface area contributed by atoms with Gasteiger partial charge in [-0.05, 0) is 31.6 Å². The molecule has 1 aliphatic rings. The lowest BCUT2D eigenvalue weighted by Crippen LogP contribution is -2.52. The van der Waals surface area contributed by atoms with E-state index in [0.29, 0.717) is 18.8 Å². The summed E-state index contributed by atoms with van der Waals surface area (Å²) in [5, 5.41) is 0. The van der Waals surface area contributed by atoms with Crippen LogP contribution in [0.1, 0.15) is 45.4 Å². The SMILES string of the molecule is COC1(C(N)CCCS(C)(=O)=O)CCCC(C)C1. The van der Waals surface area contributed by atoms with Gasteiger partial charge in [0.25, 0.3) is 0 Å². The Morgan fingerprint density at radius 2 is 2.17 bits per heavy atom. The number of methoxy groups -OCH3 is 1. The topological polar surface area (TPSA) is 69.4 Å². The molecule has 0 radical (unpaired) electrons. The van der Waals surface area contributed by atoms with Gasteiger partial charge in [-0.25, -0.2) is 8.42 Å². The standard InChI is InChI=1S/C13H27NO3S/c1-11-6-4-8-13(10-11,17-2)12(14)7-5-9-18(3,15)16/h11-12H,4-10,14H2,1-3H3. The highest BCUT2D eigenvalue weighted by Gasteiger charge is 2.39. The third kappa shape index (κ3) is 4.52. The fraction of sp³-hybridized carbons (Fsp3) is 1.00. The molecule has 3 unspecified atom stereocenters. The van der Waals surface area contributed by atoms with Crippen molar-refractivity contribution < 1.29 is 13.2 Å². The number of hydrogen-bond donors (Lipinski definition) is 1. The molecule has 2 N–H and O–H groups in total. The maximum atomic E-state index is 11.1. The molecule has 3 atom stereocenters. The molecule has 4 nitrogen and oxygen atoms in total. The Morgan fingerprint density at radius 1 is 1.50 bits per heavy atom. The summed E-state index contributed by atoms with van der Waals surface area (Å²) in [4.78, 5) is 0. The highest BCUT2D eigenvalue weighted by molar-refractivity contribution is 7.90. The summed E-state index contributed by atoms with van der Waals surface area (Å²) in [6.45, 7) is 2.23. The normalized spacial score (nSPS) is 31.2. The third-order valence-corrected chi connectivity index (χ3v) is 5.13. The molecule has 0 amide bonds. The van der Waals surface area contributed by atoms with Crippen molar-refractivity contribution in [3.8, 4) is 0 Å². The van der Waals surface area contributed by atoms with Crippen LogP contribution in [0.2, 0.25) is 0 Å². The molecule has 0 aromatic rings. The highest BCUT2D eigenvalue weighted by atomic mass is 32.2. The minimum atomic E-state index is -2.88. The van der Waals surface area contributed by atoms with Crippen LogP contribution in [-0.4, -0.2) is 39.2 Å². The van der Waals surface area contributed by atoms with E-state index >= 15 is 0 Å². The summed E-state index contributed by atoms with van der Waals surface area (Å²) in [6, 6.07) is -0.0630. The predicted octanol–water partition coefficient (Wildman–Crippen LogP) is 1.73. The maximum Gasteiger partial charge on any atom is 0.147 e. The van der Waals surface area contributed by atoms with Gasteiger partial charge in [0.1, 0.15) is 9.84 Å². The second kappa shape index (κ2) is 6.35. The van der Waals surface area contributed by atoms with Crippen molar-refractivity contribution in [1.29, 1.82) is 0 Å². The molecule has 0 spiro atoms. The van der Waals surface area contributed by atoms with E-state index in [2.05, 4.69) is 6.92 Å². The van der Waals surface area contributed by atoms with Gasteiger partial charge in [0.2, 0.25) is 0 Å². The van der Waals surface area contributed by atoms with Gasteiger partial charge in [-0.3, -0.25) is 0 Å². The average Bonchev–Trinajstić information content (AvgIpc) is 2.27. The minimum absolute atomic E-state index is 0.0630. The summed E-state index contributed by atoms with van der Waals surface area (Å²) in [5.41, 5.74) is 6.02.